The SMILES string of the molecule is [CH2]CC(C)C[C](C)C. The lowest BCUT2D eigenvalue weighted by Gasteiger charge is -2.09. The maximum atomic E-state index is 3.83. The summed E-state index contributed by atoms with van der Waals surface area (Å²) in [6.07, 6.45) is 2.30. The van der Waals surface area contributed by atoms with Crippen molar-refractivity contribution in [2.24, 2.45) is 5.92 Å². The summed E-state index contributed by atoms with van der Waals surface area (Å²) in [5.74, 6) is 2.29. The van der Waals surface area contributed by atoms with Crippen LogP contribution in [-0.2, 0) is 0 Å². The second-order valence-electron chi connectivity index (χ2n) is 2.81. The molecule has 0 nitrogen and oxygen atoms in total. The van der Waals surface area contributed by atoms with E-state index in [0.29, 0.717) is 0 Å². The molecule has 0 N–H and O–H groups in total. The molecule has 0 aliphatic carbocycles. The molecule has 0 heterocycles. The van der Waals surface area contributed by atoms with Crippen LogP contribution in [0.5, 0.6) is 0 Å². The lowest BCUT2D eigenvalue weighted by molar-refractivity contribution is 0.551. The van der Waals surface area contributed by atoms with Gasteiger partial charge in [0.05, 0.1) is 0 Å². The molecule has 0 fully saturated rings. The molecule has 8 heavy (non-hydrogen) atoms. The quantitative estimate of drug-likeness (QED) is 0.526. The molecule has 1 atom stereocenters. The number of hydrogen-bond donors (Lipinski definition) is 0. The molecule has 1 unspecified atom stereocenters. The minimum atomic E-state index is 0.778. The van der Waals surface area contributed by atoms with Crippen molar-refractivity contribution in [3.63, 3.8) is 0 Å². The van der Waals surface area contributed by atoms with Crippen LogP contribution in [0, 0.1) is 18.8 Å². The van der Waals surface area contributed by atoms with Gasteiger partial charge in [-0.3, -0.25) is 0 Å². The molecule has 0 spiro atoms. The van der Waals surface area contributed by atoms with Crippen molar-refractivity contribution in [3.8, 4) is 0 Å². The minimum absolute atomic E-state index is 0.778. The average Bonchev–Trinajstić information content (AvgIpc) is 1.65. The third kappa shape index (κ3) is 4.17. The van der Waals surface area contributed by atoms with Crippen LogP contribution in [0.15, 0.2) is 0 Å². The summed E-state index contributed by atoms with van der Waals surface area (Å²) in [6.45, 7) is 10.4. The van der Waals surface area contributed by atoms with E-state index in [0.717, 1.165) is 12.3 Å². The maximum absolute atomic E-state index is 3.83. The van der Waals surface area contributed by atoms with Crippen LogP contribution in [0.2, 0.25) is 0 Å². The summed E-state index contributed by atoms with van der Waals surface area (Å²) in [5.41, 5.74) is 0. The Labute approximate surface area is 53.3 Å². The molecule has 0 aliphatic rings. The van der Waals surface area contributed by atoms with Crippen LogP contribution in [0.25, 0.3) is 0 Å². The predicted molar refractivity (Wildman–Crippen MR) is 38.3 cm³/mol. The Hall–Kier alpha value is 0. The molecule has 0 aromatic carbocycles. The molecule has 0 rings (SSSR count). The lowest BCUT2D eigenvalue weighted by Crippen LogP contribution is -1.95. The lowest BCUT2D eigenvalue weighted by atomic mass is 9.97. The summed E-state index contributed by atoms with van der Waals surface area (Å²) in [4.78, 5) is 0. The van der Waals surface area contributed by atoms with Gasteiger partial charge in [0.25, 0.3) is 0 Å². The third-order valence-electron chi connectivity index (χ3n) is 1.25. The minimum Gasteiger partial charge on any atom is -0.0625 e. The molecule has 0 heteroatoms. The fourth-order valence-corrected chi connectivity index (χ4v) is 0.799. The van der Waals surface area contributed by atoms with E-state index in [1.807, 2.05) is 0 Å². The standard InChI is InChI=1S/C8H16/c1-5-8(4)6-7(2)3/h8H,1,5-6H2,2-4H3. The van der Waals surface area contributed by atoms with Gasteiger partial charge in [-0.05, 0) is 18.3 Å². The summed E-state index contributed by atoms with van der Waals surface area (Å²) < 4.78 is 0. The van der Waals surface area contributed by atoms with E-state index in [1.165, 1.54) is 12.3 Å². The molecule has 0 amide bonds. The van der Waals surface area contributed by atoms with Crippen molar-refractivity contribution in [1.82, 2.24) is 0 Å². The second-order valence-corrected chi connectivity index (χ2v) is 2.81. The Balaban J connectivity index is 3.10. The molecule has 0 bridgehead atoms. The molecule has 0 saturated heterocycles. The Morgan fingerprint density at radius 2 is 2.00 bits per heavy atom. The Morgan fingerprint density at radius 1 is 1.50 bits per heavy atom. The zero-order valence-corrected chi connectivity index (χ0v) is 6.20. The van der Waals surface area contributed by atoms with Crippen molar-refractivity contribution >= 4 is 0 Å². The fraction of sp³-hybridized carbons (Fsp3) is 0.750. The largest absolute Gasteiger partial charge is 0.0625 e. The zero-order valence-electron chi connectivity index (χ0n) is 6.20. The van der Waals surface area contributed by atoms with Crippen LogP contribution in [0.3, 0.4) is 0 Å². The summed E-state index contributed by atoms with van der Waals surface area (Å²) in [7, 11) is 0. The van der Waals surface area contributed by atoms with Crippen molar-refractivity contribution in [2.75, 3.05) is 0 Å². The number of rotatable bonds is 3. The van der Waals surface area contributed by atoms with Gasteiger partial charge < -0.3 is 0 Å². The first-order valence-electron chi connectivity index (χ1n) is 3.25. The van der Waals surface area contributed by atoms with E-state index >= 15 is 0 Å². The maximum Gasteiger partial charge on any atom is -0.0300 e. The third-order valence-corrected chi connectivity index (χ3v) is 1.25. The molecule has 0 aliphatic heterocycles. The predicted octanol–water partition coefficient (Wildman–Crippen LogP) is 2.85. The Morgan fingerprint density at radius 3 is 2.12 bits per heavy atom. The smallest absolute Gasteiger partial charge is 0.0300 e. The monoisotopic (exact) mass is 112 g/mol. The first kappa shape index (κ1) is 8.00. The topological polar surface area (TPSA) is 0 Å². The Kier molecular flexibility index (Phi) is 3.94. The highest BCUT2D eigenvalue weighted by Gasteiger charge is 2.00. The van der Waals surface area contributed by atoms with E-state index in [2.05, 4.69) is 27.7 Å². The van der Waals surface area contributed by atoms with Crippen LogP contribution >= 0.6 is 0 Å². The van der Waals surface area contributed by atoms with Gasteiger partial charge in [0.1, 0.15) is 0 Å². The molecular weight excluding hydrogens is 96.1 g/mol. The van der Waals surface area contributed by atoms with Crippen LogP contribution < -0.4 is 0 Å². The first-order valence-corrected chi connectivity index (χ1v) is 3.25. The summed E-state index contributed by atoms with van der Waals surface area (Å²) >= 11 is 0. The molecule has 0 saturated carbocycles. The van der Waals surface area contributed by atoms with Crippen LogP contribution in [0.4, 0.5) is 0 Å². The van der Waals surface area contributed by atoms with Gasteiger partial charge in [0.15, 0.2) is 0 Å². The van der Waals surface area contributed by atoms with Gasteiger partial charge in [-0.2, -0.15) is 0 Å². The van der Waals surface area contributed by atoms with Gasteiger partial charge in [0.2, 0.25) is 0 Å². The van der Waals surface area contributed by atoms with E-state index < -0.39 is 0 Å². The van der Waals surface area contributed by atoms with Gasteiger partial charge in [-0.15, -0.1) is 0 Å². The second kappa shape index (κ2) is 3.94. The van der Waals surface area contributed by atoms with E-state index in [4.69, 9.17) is 0 Å². The van der Waals surface area contributed by atoms with Gasteiger partial charge in [0, 0.05) is 0 Å². The normalized spacial score (nSPS) is 14.6. The van der Waals surface area contributed by atoms with E-state index in [-0.39, 0.29) is 0 Å². The van der Waals surface area contributed by atoms with Crippen molar-refractivity contribution in [1.29, 1.82) is 0 Å². The van der Waals surface area contributed by atoms with Crippen LogP contribution in [0.1, 0.15) is 33.6 Å². The van der Waals surface area contributed by atoms with Gasteiger partial charge in [-0.25, -0.2) is 0 Å². The summed E-state index contributed by atoms with van der Waals surface area (Å²) in [6, 6.07) is 0. The average molecular weight is 112 g/mol. The van der Waals surface area contributed by atoms with Gasteiger partial charge >= 0.3 is 0 Å². The molecule has 0 aromatic rings. The van der Waals surface area contributed by atoms with E-state index in [9.17, 15) is 0 Å². The highest BCUT2D eigenvalue weighted by Crippen LogP contribution is 2.14. The summed E-state index contributed by atoms with van der Waals surface area (Å²) in [5, 5.41) is 0. The molecule has 0 aromatic heterocycles. The highest BCUT2D eigenvalue weighted by atomic mass is 14.1. The van der Waals surface area contributed by atoms with Crippen LogP contribution in [-0.4, -0.2) is 0 Å². The fourth-order valence-electron chi connectivity index (χ4n) is 0.799. The van der Waals surface area contributed by atoms with Crippen molar-refractivity contribution in [2.45, 2.75) is 33.6 Å². The van der Waals surface area contributed by atoms with Gasteiger partial charge in [-0.1, -0.05) is 34.1 Å². The zero-order chi connectivity index (χ0) is 6.57. The highest BCUT2D eigenvalue weighted by molar-refractivity contribution is 4.79. The van der Waals surface area contributed by atoms with E-state index in [1.54, 1.807) is 0 Å². The molecule has 48 valence electrons. The number of hydrogen-bond acceptors (Lipinski definition) is 0. The Bertz CT molecular complexity index is 46.0. The first-order chi connectivity index (χ1) is 3.66. The van der Waals surface area contributed by atoms with Crippen molar-refractivity contribution < 1.29 is 0 Å². The van der Waals surface area contributed by atoms with Crippen molar-refractivity contribution in [3.05, 3.63) is 12.8 Å². The molecule has 2 radical (unpaired) electrons. The molecular formula is C8H16.